The molecule has 4 nitrogen and oxygen atoms in total. The third kappa shape index (κ3) is 3.13. The average Bonchev–Trinajstić information content (AvgIpc) is 3.04. The third-order valence-electron chi connectivity index (χ3n) is 5.66. The van der Waals surface area contributed by atoms with Crippen LogP contribution in [-0.4, -0.2) is 10.5 Å². The number of benzene rings is 3. The summed E-state index contributed by atoms with van der Waals surface area (Å²) in [5, 5.41) is 13.1. The van der Waals surface area contributed by atoms with Crippen LogP contribution in [0.4, 0.5) is 10.1 Å². The Balaban J connectivity index is 1.67. The molecule has 30 heavy (non-hydrogen) atoms. The van der Waals surface area contributed by atoms with E-state index in [4.69, 9.17) is 5.26 Å². The fourth-order valence-corrected chi connectivity index (χ4v) is 4.30. The average molecular weight is 395 g/mol. The van der Waals surface area contributed by atoms with Gasteiger partial charge in [0.1, 0.15) is 5.82 Å². The van der Waals surface area contributed by atoms with Crippen LogP contribution in [0.2, 0.25) is 0 Å². The maximum atomic E-state index is 13.7. The number of halogens is 1. The second-order valence-electron chi connectivity index (χ2n) is 7.58. The Morgan fingerprint density at radius 3 is 2.67 bits per heavy atom. The first-order valence-corrected chi connectivity index (χ1v) is 9.78. The van der Waals surface area contributed by atoms with Crippen LogP contribution >= 0.6 is 0 Å². The molecule has 0 aliphatic carbocycles. The lowest BCUT2D eigenvalue weighted by Gasteiger charge is -2.14. The van der Waals surface area contributed by atoms with Crippen molar-refractivity contribution < 1.29 is 9.18 Å². The Morgan fingerprint density at radius 1 is 1.10 bits per heavy atom. The Kier molecular flexibility index (Phi) is 4.33. The number of carbonyl (C=O) groups is 1. The second kappa shape index (κ2) is 7.16. The Bertz CT molecular complexity index is 1310. The van der Waals surface area contributed by atoms with Gasteiger partial charge in [-0.1, -0.05) is 30.3 Å². The summed E-state index contributed by atoms with van der Waals surface area (Å²) in [6, 6.07) is 22.0. The highest BCUT2D eigenvalue weighted by atomic mass is 19.1. The SMILES string of the molecule is N#Cc1ccc([C@@H]2CC(=O)Nc3cccc4c3c2cn4Cc2cccc(F)c2)cc1. The summed E-state index contributed by atoms with van der Waals surface area (Å²) in [4.78, 5) is 12.6. The maximum Gasteiger partial charge on any atom is 0.225 e. The summed E-state index contributed by atoms with van der Waals surface area (Å²) < 4.78 is 15.8. The van der Waals surface area contributed by atoms with E-state index in [1.54, 1.807) is 24.3 Å². The number of nitriles is 1. The number of rotatable bonds is 3. The topological polar surface area (TPSA) is 57.8 Å². The highest BCUT2D eigenvalue weighted by Gasteiger charge is 2.27. The van der Waals surface area contributed by atoms with Gasteiger partial charge >= 0.3 is 0 Å². The van der Waals surface area contributed by atoms with Crippen molar-refractivity contribution in [1.29, 1.82) is 5.26 Å². The van der Waals surface area contributed by atoms with Crippen molar-refractivity contribution in [3.05, 3.63) is 101 Å². The van der Waals surface area contributed by atoms with Crippen molar-refractivity contribution in [1.82, 2.24) is 4.57 Å². The molecule has 0 spiro atoms. The van der Waals surface area contributed by atoms with Crippen molar-refractivity contribution >= 4 is 22.5 Å². The summed E-state index contributed by atoms with van der Waals surface area (Å²) in [7, 11) is 0. The predicted octanol–water partition coefficient (Wildman–Crippen LogP) is 5.17. The Hall–Kier alpha value is -3.91. The molecule has 5 rings (SSSR count). The van der Waals surface area contributed by atoms with Gasteiger partial charge in [-0.05, 0) is 53.1 Å². The molecule has 4 aromatic rings. The van der Waals surface area contributed by atoms with Gasteiger partial charge in [-0.2, -0.15) is 5.26 Å². The van der Waals surface area contributed by atoms with Crippen LogP contribution in [0.25, 0.3) is 10.9 Å². The van der Waals surface area contributed by atoms with Crippen molar-refractivity contribution in [3.63, 3.8) is 0 Å². The molecule has 1 aromatic heterocycles. The third-order valence-corrected chi connectivity index (χ3v) is 5.66. The fourth-order valence-electron chi connectivity index (χ4n) is 4.30. The first-order chi connectivity index (χ1) is 14.6. The highest BCUT2D eigenvalue weighted by Crippen LogP contribution is 2.41. The van der Waals surface area contributed by atoms with Crippen LogP contribution in [0.15, 0.2) is 72.9 Å². The van der Waals surface area contributed by atoms with Gasteiger partial charge in [0.25, 0.3) is 0 Å². The smallest absolute Gasteiger partial charge is 0.225 e. The molecule has 0 saturated carbocycles. The van der Waals surface area contributed by atoms with E-state index in [9.17, 15) is 9.18 Å². The van der Waals surface area contributed by atoms with Crippen LogP contribution < -0.4 is 5.32 Å². The minimum atomic E-state index is -0.256. The standard InChI is InChI=1S/C25H18FN3O/c26-19-4-1-3-17(11-19)14-29-15-21-20(18-9-7-16(13-27)8-10-18)12-24(30)28-22-5-2-6-23(29)25(21)22/h1-11,15,20H,12,14H2,(H,28,30)/t20-/m0/s1. The van der Waals surface area contributed by atoms with E-state index in [0.717, 1.165) is 33.3 Å². The molecule has 0 unspecified atom stereocenters. The normalized spacial score (nSPS) is 15.5. The monoisotopic (exact) mass is 395 g/mol. The molecule has 1 aliphatic heterocycles. The molecule has 1 N–H and O–H groups in total. The molecule has 0 fully saturated rings. The summed E-state index contributed by atoms with van der Waals surface area (Å²) in [6.45, 7) is 0.533. The molecule has 3 aromatic carbocycles. The minimum absolute atomic E-state index is 0.0373. The molecule has 1 amide bonds. The van der Waals surface area contributed by atoms with E-state index in [-0.39, 0.29) is 17.6 Å². The van der Waals surface area contributed by atoms with Crippen LogP contribution in [0, 0.1) is 17.1 Å². The van der Waals surface area contributed by atoms with E-state index in [2.05, 4.69) is 22.1 Å². The number of hydrogen-bond acceptors (Lipinski definition) is 2. The molecule has 2 heterocycles. The van der Waals surface area contributed by atoms with Crippen LogP contribution in [0.1, 0.15) is 34.6 Å². The molecule has 146 valence electrons. The zero-order valence-electron chi connectivity index (χ0n) is 16.1. The van der Waals surface area contributed by atoms with Gasteiger partial charge in [0.15, 0.2) is 0 Å². The first-order valence-electron chi connectivity index (χ1n) is 9.78. The van der Waals surface area contributed by atoms with E-state index in [1.165, 1.54) is 6.07 Å². The van der Waals surface area contributed by atoms with Gasteiger partial charge in [-0.3, -0.25) is 4.79 Å². The lowest BCUT2D eigenvalue weighted by atomic mass is 9.88. The maximum absolute atomic E-state index is 13.7. The number of carbonyl (C=O) groups excluding carboxylic acids is 1. The van der Waals surface area contributed by atoms with E-state index in [1.807, 2.05) is 36.4 Å². The molecule has 1 aliphatic rings. The number of aromatic nitrogens is 1. The summed E-state index contributed by atoms with van der Waals surface area (Å²) in [5.41, 5.74) is 5.30. The van der Waals surface area contributed by atoms with Crippen LogP contribution in [0.5, 0.6) is 0 Å². The molecular formula is C25H18FN3O. The first kappa shape index (κ1) is 18.1. The lowest BCUT2D eigenvalue weighted by molar-refractivity contribution is -0.116. The van der Waals surface area contributed by atoms with E-state index >= 15 is 0 Å². The van der Waals surface area contributed by atoms with Gasteiger partial charge in [0.05, 0.1) is 22.8 Å². The van der Waals surface area contributed by atoms with Crippen LogP contribution in [-0.2, 0) is 11.3 Å². The van der Waals surface area contributed by atoms with Gasteiger partial charge in [-0.15, -0.1) is 0 Å². The number of nitrogens with one attached hydrogen (secondary N) is 1. The Labute approximate surface area is 173 Å². The number of anilines is 1. The minimum Gasteiger partial charge on any atom is -0.343 e. The van der Waals surface area contributed by atoms with Crippen LogP contribution in [0.3, 0.4) is 0 Å². The fraction of sp³-hybridized carbons (Fsp3) is 0.120. The summed E-state index contributed by atoms with van der Waals surface area (Å²) >= 11 is 0. The molecule has 0 saturated heterocycles. The highest BCUT2D eigenvalue weighted by molar-refractivity contribution is 6.06. The molecule has 0 radical (unpaired) electrons. The van der Waals surface area contributed by atoms with Gasteiger partial charge in [-0.25, -0.2) is 4.39 Å². The molecule has 5 heteroatoms. The van der Waals surface area contributed by atoms with E-state index in [0.29, 0.717) is 18.5 Å². The van der Waals surface area contributed by atoms with Gasteiger partial charge in [0, 0.05) is 30.5 Å². The van der Waals surface area contributed by atoms with Crippen molar-refractivity contribution in [2.75, 3.05) is 5.32 Å². The summed E-state index contributed by atoms with van der Waals surface area (Å²) in [5.74, 6) is -0.420. The summed E-state index contributed by atoms with van der Waals surface area (Å²) in [6.07, 6.45) is 2.39. The quantitative estimate of drug-likeness (QED) is 0.520. The number of nitrogens with zero attached hydrogens (tertiary/aromatic N) is 2. The van der Waals surface area contributed by atoms with Gasteiger partial charge in [0.2, 0.25) is 5.91 Å². The largest absolute Gasteiger partial charge is 0.343 e. The zero-order valence-corrected chi connectivity index (χ0v) is 16.1. The van der Waals surface area contributed by atoms with Gasteiger partial charge < -0.3 is 9.88 Å². The van der Waals surface area contributed by atoms with Crippen molar-refractivity contribution in [2.24, 2.45) is 0 Å². The molecule has 0 bridgehead atoms. The predicted molar refractivity (Wildman–Crippen MR) is 114 cm³/mol. The molecular weight excluding hydrogens is 377 g/mol. The zero-order chi connectivity index (χ0) is 20.7. The van der Waals surface area contributed by atoms with Crippen molar-refractivity contribution in [3.8, 4) is 6.07 Å². The van der Waals surface area contributed by atoms with Crippen molar-refractivity contribution in [2.45, 2.75) is 18.9 Å². The van der Waals surface area contributed by atoms with E-state index < -0.39 is 0 Å². The number of amides is 1. The number of hydrogen-bond donors (Lipinski definition) is 1. The molecule has 1 atom stereocenters. The second-order valence-corrected chi connectivity index (χ2v) is 7.58. The lowest BCUT2D eigenvalue weighted by Crippen LogP contribution is -2.14. The Morgan fingerprint density at radius 2 is 1.90 bits per heavy atom.